The molecule has 29 heavy (non-hydrogen) atoms. The second kappa shape index (κ2) is 7.92. The van der Waals surface area contributed by atoms with Gasteiger partial charge in [0.1, 0.15) is 17.2 Å². The van der Waals surface area contributed by atoms with Gasteiger partial charge in [-0.3, -0.25) is 9.59 Å². The van der Waals surface area contributed by atoms with E-state index in [-0.39, 0.29) is 24.4 Å². The van der Waals surface area contributed by atoms with Gasteiger partial charge in [-0.1, -0.05) is 72.8 Å². The molecule has 1 heterocycles. The van der Waals surface area contributed by atoms with E-state index in [9.17, 15) is 9.59 Å². The van der Waals surface area contributed by atoms with Gasteiger partial charge in [0.15, 0.2) is 0 Å². The molecule has 0 spiro atoms. The lowest BCUT2D eigenvalue weighted by Gasteiger charge is -2.40. The first-order valence-corrected chi connectivity index (χ1v) is 9.84. The maximum Gasteiger partial charge on any atom is 0.144 e. The number of hydrogen-bond donors (Lipinski definition) is 1. The summed E-state index contributed by atoms with van der Waals surface area (Å²) in [5.74, 6) is -0.178. The molecule has 4 nitrogen and oxygen atoms in total. The van der Waals surface area contributed by atoms with Crippen molar-refractivity contribution in [3.8, 4) is 0 Å². The summed E-state index contributed by atoms with van der Waals surface area (Å²) in [6, 6.07) is 28.4. The fourth-order valence-electron chi connectivity index (χ4n) is 4.11. The van der Waals surface area contributed by atoms with Gasteiger partial charge in [-0.25, -0.2) is 0 Å². The number of nitrogens with one attached hydrogen (secondary N) is 1. The number of nitrogens with zero attached hydrogens (tertiary/aromatic N) is 1. The number of Topliss-reactive ketones (excluding diaryl/α,β-unsaturated/α-hetero) is 2. The predicted molar refractivity (Wildman–Crippen MR) is 116 cm³/mol. The van der Waals surface area contributed by atoms with Crippen molar-refractivity contribution in [2.75, 3.05) is 10.2 Å². The number of carbonyl (C=O) groups is 2. The number of ketones is 2. The van der Waals surface area contributed by atoms with Crippen molar-refractivity contribution in [1.82, 2.24) is 0 Å². The van der Waals surface area contributed by atoms with Crippen LogP contribution >= 0.6 is 0 Å². The molecule has 0 amide bonds. The third kappa shape index (κ3) is 3.79. The molecule has 1 unspecified atom stereocenters. The van der Waals surface area contributed by atoms with Crippen LogP contribution < -0.4 is 10.2 Å². The Morgan fingerprint density at radius 1 is 0.862 bits per heavy atom. The zero-order valence-electron chi connectivity index (χ0n) is 16.5. The Hall–Kier alpha value is -3.40. The topological polar surface area (TPSA) is 49.4 Å². The molecule has 1 aliphatic rings. The van der Waals surface area contributed by atoms with Gasteiger partial charge in [-0.05, 0) is 30.2 Å². The molecule has 3 aromatic rings. The van der Waals surface area contributed by atoms with Crippen molar-refractivity contribution >= 4 is 22.9 Å². The van der Waals surface area contributed by atoms with Gasteiger partial charge < -0.3 is 10.2 Å². The lowest BCUT2D eigenvalue weighted by atomic mass is 9.90. The van der Waals surface area contributed by atoms with Gasteiger partial charge in [0.2, 0.25) is 0 Å². The Balaban J connectivity index is 1.83. The quantitative estimate of drug-likeness (QED) is 0.588. The first kappa shape index (κ1) is 18.9. The van der Waals surface area contributed by atoms with E-state index in [2.05, 4.69) is 28.4 Å². The van der Waals surface area contributed by atoms with Crippen LogP contribution in [0.2, 0.25) is 0 Å². The number of hydrogen-bond acceptors (Lipinski definition) is 4. The van der Waals surface area contributed by atoms with E-state index in [0.717, 1.165) is 22.5 Å². The van der Waals surface area contributed by atoms with Crippen molar-refractivity contribution in [3.63, 3.8) is 0 Å². The van der Waals surface area contributed by atoms with Crippen LogP contribution in [-0.4, -0.2) is 11.6 Å². The summed E-state index contributed by atoms with van der Waals surface area (Å²) in [5.41, 5.74) is 3.46. The Labute approximate surface area is 171 Å². The zero-order valence-corrected chi connectivity index (χ0v) is 16.5. The molecule has 0 bridgehead atoms. The molecular weight excluding hydrogens is 360 g/mol. The molecule has 0 saturated heterocycles. The molecule has 0 aliphatic carbocycles. The lowest BCUT2D eigenvalue weighted by Crippen LogP contribution is -2.49. The maximum atomic E-state index is 12.8. The summed E-state index contributed by atoms with van der Waals surface area (Å²) in [4.78, 5) is 26.7. The smallest absolute Gasteiger partial charge is 0.144 e. The van der Waals surface area contributed by atoms with Crippen LogP contribution in [0, 0.1) is 0 Å². The van der Waals surface area contributed by atoms with Crippen LogP contribution in [0.4, 0.5) is 11.4 Å². The average Bonchev–Trinajstić information content (AvgIpc) is 3.03. The first-order chi connectivity index (χ1) is 14.1. The predicted octanol–water partition coefficient (Wildman–Crippen LogP) is 4.91. The molecule has 1 aliphatic heterocycles. The highest BCUT2D eigenvalue weighted by Crippen LogP contribution is 2.48. The summed E-state index contributed by atoms with van der Waals surface area (Å²) < 4.78 is 0. The minimum absolute atomic E-state index is 0.0498. The van der Waals surface area contributed by atoms with Crippen molar-refractivity contribution in [2.45, 2.75) is 32.0 Å². The molecular formula is C25H24N2O2. The number of anilines is 2. The van der Waals surface area contributed by atoms with Crippen LogP contribution in [0.1, 0.15) is 30.9 Å². The standard InChI is InChI=1S/C25H24N2O2/c1-19(28)16-22(29)17-25(21-12-6-3-7-13-21)26-23-14-8-9-15-24(23)27(25)18-20-10-4-2-5-11-20/h2-15,26H,16-18H2,1H3. The molecule has 0 saturated carbocycles. The van der Waals surface area contributed by atoms with E-state index in [0.29, 0.717) is 6.54 Å². The largest absolute Gasteiger partial charge is 0.357 e. The van der Waals surface area contributed by atoms with Crippen molar-refractivity contribution in [3.05, 3.63) is 96.1 Å². The monoisotopic (exact) mass is 384 g/mol. The highest BCUT2D eigenvalue weighted by molar-refractivity contribution is 5.99. The van der Waals surface area contributed by atoms with E-state index >= 15 is 0 Å². The molecule has 146 valence electrons. The van der Waals surface area contributed by atoms with Gasteiger partial charge in [0.25, 0.3) is 0 Å². The molecule has 4 rings (SSSR count). The fourth-order valence-corrected chi connectivity index (χ4v) is 4.11. The second-order valence-electron chi connectivity index (χ2n) is 7.53. The normalized spacial score (nSPS) is 17.5. The van der Waals surface area contributed by atoms with E-state index < -0.39 is 5.66 Å². The van der Waals surface area contributed by atoms with Crippen molar-refractivity contribution in [1.29, 1.82) is 0 Å². The highest BCUT2D eigenvalue weighted by Gasteiger charge is 2.46. The van der Waals surface area contributed by atoms with E-state index in [1.54, 1.807) is 0 Å². The van der Waals surface area contributed by atoms with Crippen LogP contribution in [0.15, 0.2) is 84.9 Å². The van der Waals surface area contributed by atoms with Gasteiger partial charge in [0.05, 0.1) is 24.2 Å². The Kier molecular flexibility index (Phi) is 5.17. The third-order valence-corrected chi connectivity index (χ3v) is 5.33. The van der Waals surface area contributed by atoms with Gasteiger partial charge in [-0.2, -0.15) is 0 Å². The number of para-hydroxylation sites is 2. The number of fused-ring (bicyclic) bond motifs is 1. The Morgan fingerprint density at radius 2 is 1.48 bits per heavy atom. The molecule has 3 aromatic carbocycles. The number of benzene rings is 3. The SMILES string of the molecule is CC(=O)CC(=O)CC1(c2ccccc2)Nc2ccccc2N1Cc1ccccc1. The molecule has 0 radical (unpaired) electrons. The minimum atomic E-state index is -0.743. The average molecular weight is 384 g/mol. The third-order valence-electron chi connectivity index (χ3n) is 5.33. The molecule has 1 atom stereocenters. The zero-order chi connectivity index (χ0) is 20.3. The van der Waals surface area contributed by atoms with Crippen molar-refractivity contribution in [2.24, 2.45) is 0 Å². The molecule has 0 fully saturated rings. The van der Waals surface area contributed by atoms with E-state index in [1.807, 2.05) is 66.7 Å². The number of carbonyl (C=O) groups excluding carboxylic acids is 2. The van der Waals surface area contributed by atoms with Gasteiger partial charge in [-0.15, -0.1) is 0 Å². The summed E-state index contributed by atoms with van der Waals surface area (Å²) in [6.45, 7) is 2.11. The van der Waals surface area contributed by atoms with Gasteiger partial charge in [0, 0.05) is 6.54 Å². The fraction of sp³-hybridized carbons (Fsp3) is 0.200. The summed E-state index contributed by atoms with van der Waals surface area (Å²) in [6.07, 6.45) is 0.157. The van der Waals surface area contributed by atoms with E-state index in [4.69, 9.17) is 0 Å². The summed E-state index contributed by atoms with van der Waals surface area (Å²) in [7, 11) is 0. The first-order valence-electron chi connectivity index (χ1n) is 9.84. The molecule has 0 aromatic heterocycles. The Morgan fingerprint density at radius 3 is 2.17 bits per heavy atom. The molecule has 1 N–H and O–H groups in total. The summed E-state index contributed by atoms with van der Waals surface area (Å²) >= 11 is 0. The second-order valence-corrected chi connectivity index (χ2v) is 7.53. The highest BCUT2D eigenvalue weighted by atomic mass is 16.1. The summed E-state index contributed by atoms with van der Waals surface area (Å²) in [5, 5.41) is 3.63. The van der Waals surface area contributed by atoms with Crippen LogP contribution in [0.3, 0.4) is 0 Å². The number of rotatable bonds is 7. The van der Waals surface area contributed by atoms with Gasteiger partial charge >= 0.3 is 0 Å². The van der Waals surface area contributed by atoms with Crippen molar-refractivity contribution < 1.29 is 9.59 Å². The maximum absolute atomic E-state index is 12.8. The van der Waals surface area contributed by atoms with Crippen LogP contribution in [-0.2, 0) is 21.8 Å². The van der Waals surface area contributed by atoms with Crippen LogP contribution in [0.5, 0.6) is 0 Å². The van der Waals surface area contributed by atoms with Crippen LogP contribution in [0.25, 0.3) is 0 Å². The Bertz CT molecular complexity index is 1020. The lowest BCUT2D eigenvalue weighted by molar-refractivity contribution is -0.126. The molecule has 4 heteroatoms. The minimum Gasteiger partial charge on any atom is -0.357 e. The van der Waals surface area contributed by atoms with E-state index in [1.165, 1.54) is 6.92 Å².